The van der Waals surface area contributed by atoms with Crippen LogP contribution in [0.25, 0.3) is 0 Å². The number of benzene rings is 1. The number of hydrogen-bond acceptors (Lipinski definition) is 8. The van der Waals surface area contributed by atoms with E-state index in [0.29, 0.717) is 30.8 Å². The summed E-state index contributed by atoms with van der Waals surface area (Å²) in [6.45, 7) is 9.56. The van der Waals surface area contributed by atoms with Gasteiger partial charge in [0.25, 0.3) is 11.8 Å². The molecule has 39 heavy (non-hydrogen) atoms. The molecule has 0 aromatic heterocycles. The van der Waals surface area contributed by atoms with Gasteiger partial charge in [-0.1, -0.05) is 24.8 Å². The molecule has 2 heterocycles. The average molecular weight is 552 g/mol. The van der Waals surface area contributed by atoms with E-state index < -0.39 is 16.7 Å². The number of nitriles is 2. The van der Waals surface area contributed by atoms with Crippen molar-refractivity contribution >= 4 is 35.2 Å². The number of carbonyl (C=O) groups excluding carboxylic acids is 3. The van der Waals surface area contributed by atoms with Crippen LogP contribution in [0.5, 0.6) is 0 Å². The van der Waals surface area contributed by atoms with Crippen molar-refractivity contribution in [2.45, 2.75) is 57.2 Å². The van der Waals surface area contributed by atoms with Crippen molar-refractivity contribution in [2.75, 3.05) is 44.6 Å². The van der Waals surface area contributed by atoms with Gasteiger partial charge in [-0.25, -0.2) is 0 Å². The van der Waals surface area contributed by atoms with Crippen molar-refractivity contribution in [1.82, 2.24) is 20.4 Å². The molecule has 1 aromatic carbocycles. The van der Waals surface area contributed by atoms with Crippen molar-refractivity contribution < 1.29 is 14.4 Å². The monoisotopic (exact) mass is 551 g/mol. The highest BCUT2D eigenvalue weighted by atomic mass is 32.2. The summed E-state index contributed by atoms with van der Waals surface area (Å²) in [6, 6.07) is 11.1. The highest BCUT2D eigenvalue weighted by molar-refractivity contribution is 8.04. The summed E-state index contributed by atoms with van der Waals surface area (Å²) in [7, 11) is 0. The average Bonchev–Trinajstić information content (AvgIpc) is 3.57. The first-order valence-electron chi connectivity index (χ1n) is 13.5. The van der Waals surface area contributed by atoms with Crippen LogP contribution >= 0.6 is 11.8 Å². The Hall–Kier alpha value is -3.54. The molecule has 0 bridgehead atoms. The standard InChI is InChI=1S/C28H37N7O3S/c1-4-28(3,19-30)33-25(37)22(17-29)27-35(5-2)26(38)23(39-27)18-32-21-11-8-10-20(16-21)24(36)31-12-9-15-34-13-6-7-14-34/h8,10-11,16,23,32H,4-7,9,12-15,18H2,1-3H3,(H,31,36)(H,33,37)/b27-22-. The molecule has 0 radical (unpaired) electrons. The molecule has 0 spiro atoms. The number of carbonyl (C=O) groups is 3. The molecule has 2 aliphatic rings. The predicted molar refractivity (Wildman–Crippen MR) is 151 cm³/mol. The van der Waals surface area contributed by atoms with Gasteiger partial charge in [-0.3, -0.25) is 14.4 Å². The largest absolute Gasteiger partial charge is 0.383 e. The van der Waals surface area contributed by atoms with Crippen LogP contribution in [0.3, 0.4) is 0 Å². The Kier molecular flexibility index (Phi) is 10.8. The Morgan fingerprint density at radius 3 is 2.59 bits per heavy atom. The number of rotatable bonds is 12. The molecule has 0 saturated carbocycles. The Bertz CT molecular complexity index is 1180. The highest BCUT2D eigenvalue weighted by Gasteiger charge is 2.39. The van der Waals surface area contributed by atoms with Gasteiger partial charge in [0.15, 0.2) is 0 Å². The van der Waals surface area contributed by atoms with Gasteiger partial charge < -0.3 is 25.8 Å². The van der Waals surface area contributed by atoms with Crippen LogP contribution in [0.4, 0.5) is 5.69 Å². The predicted octanol–water partition coefficient (Wildman–Crippen LogP) is 2.82. The summed E-state index contributed by atoms with van der Waals surface area (Å²) in [5.41, 5.74) is -0.0752. The second-order valence-corrected chi connectivity index (χ2v) is 11.0. The third-order valence-electron chi connectivity index (χ3n) is 7.00. The van der Waals surface area contributed by atoms with Crippen LogP contribution in [0, 0.1) is 22.7 Å². The zero-order chi connectivity index (χ0) is 28.4. The first-order valence-corrected chi connectivity index (χ1v) is 14.3. The van der Waals surface area contributed by atoms with Crippen molar-refractivity contribution in [3.63, 3.8) is 0 Å². The molecule has 2 unspecified atom stereocenters. The maximum absolute atomic E-state index is 13.1. The minimum Gasteiger partial charge on any atom is -0.383 e. The van der Waals surface area contributed by atoms with Crippen molar-refractivity contribution in [2.24, 2.45) is 0 Å². The van der Waals surface area contributed by atoms with E-state index in [9.17, 15) is 24.9 Å². The number of anilines is 1. The SMILES string of the molecule is CCN1C(=O)C(CNc2cccc(C(=O)NCCCN3CCCC3)c2)S/C1=C(/C#N)C(=O)NC(C)(C#N)CC. The molecule has 1 aromatic rings. The minimum atomic E-state index is -1.11. The summed E-state index contributed by atoms with van der Waals surface area (Å²) >= 11 is 1.15. The fourth-order valence-corrected chi connectivity index (χ4v) is 5.71. The van der Waals surface area contributed by atoms with E-state index in [1.54, 1.807) is 39.0 Å². The lowest BCUT2D eigenvalue weighted by Crippen LogP contribution is -2.45. The summed E-state index contributed by atoms with van der Waals surface area (Å²) < 4.78 is 0. The van der Waals surface area contributed by atoms with E-state index in [1.807, 2.05) is 12.1 Å². The molecule has 2 atom stereocenters. The van der Waals surface area contributed by atoms with E-state index >= 15 is 0 Å². The van der Waals surface area contributed by atoms with E-state index in [0.717, 1.165) is 37.8 Å². The molecule has 0 aliphatic carbocycles. The quantitative estimate of drug-likeness (QED) is 0.205. The van der Waals surface area contributed by atoms with Gasteiger partial charge in [-0.15, -0.1) is 0 Å². The summed E-state index contributed by atoms with van der Waals surface area (Å²) in [6.07, 6.45) is 3.78. The first-order chi connectivity index (χ1) is 18.7. The minimum absolute atomic E-state index is 0.144. The molecule has 3 amide bonds. The fourth-order valence-electron chi connectivity index (χ4n) is 4.44. The van der Waals surface area contributed by atoms with Crippen LogP contribution in [0.2, 0.25) is 0 Å². The molecular weight excluding hydrogens is 514 g/mol. The first kappa shape index (κ1) is 30.0. The maximum atomic E-state index is 13.1. The lowest BCUT2D eigenvalue weighted by atomic mass is 10.0. The van der Waals surface area contributed by atoms with Gasteiger partial charge in [-0.2, -0.15) is 10.5 Å². The summed E-state index contributed by atoms with van der Waals surface area (Å²) in [4.78, 5) is 42.4. The molecule has 3 N–H and O–H groups in total. The van der Waals surface area contributed by atoms with E-state index in [4.69, 9.17) is 0 Å². The van der Waals surface area contributed by atoms with E-state index in [2.05, 4.69) is 26.9 Å². The number of nitrogens with zero attached hydrogens (tertiary/aromatic N) is 4. The molecular formula is C28H37N7O3S. The lowest BCUT2D eigenvalue weighted by Gasteiger charge is -2.22. The number of hydrogen-bond donors (Lipinski definition) is 3. The Morgan fingerprint density at radius 1 is 1.21 bits per heavy atom. The van der Waals surface area contributed by atoms with Crippen LogP contribution in [0.15, 0.2) is 34.9 Å². The van der Waals surface area contributed by atoms with Gasteiger partial charge in [0.2, 0.25) is 5.91 Å². The fraction of sp³-hybridized carbons (Fsp3) is 0.536. The van der Waals surface area contributed by atoms with Gasteiger partial charge in [0.05, 0.1) is 6.07 Å². The second-order valence-electron chi connectivity index (χ2n) is 9.85. The van der Waals surface area contributed by atoms with Gasteiger partial charge in [0.1, 0.15) is 27.5 Å². The van der Waals surface area contributed by atoms with Gasteiger partial charge >= 0.3 is 0 Å². The normalized spacial score (nSPS) is 20.1. The van der Waals surface area contributed by atoms with Crippen LogP contribution in [-0.4, -0.2) is 77.6 Å². The third-order valence-corrected chi connectivity index (χ3v) is 8.31. The number of nitrogens with one attached hydrogen (secondary N) is 3. The number of likely N-dealkylation sites (tertiary alicyclic amines) is 1. The van der Waals surface area contributed by atoms with Crippen LogP contribution in [0.1, 0.15) is 56.8 Å². The smallest absolute Gasteiger partial charge is 0.265 e. The Morgan fingerprint density at radius 2 is 1.95 bits per heavy atom. The molecule has 2 saturated heterocycles. The molecule has 3 rings (SSSR count). The van der Waals surface area contributed by atoms with Crippen molar-refractivity contribution in [3.05, 3.63) is 40.4 Å². The van der Waals surface area contributed by atoms with Crippen molar-refractivity contribution in [3.8, 4) is 12.1 Å². The van der Waals surface area contributed by atoms with Gasteiger partial charge in [-0.05, 0) is 77.4 Å². The zero-order valence-corrected chi connectivity index (χ0v) is 23.7. The highest BCUT2D eigenvalue weighted by Crippen LogP contribution is 2.37. The van der Waals surface area contributed by atoms with E-state index in [1.165, 1.54) is 17.7 Å². The molecule has 11 heteroatoms. The summed E-state index contributed by atoms with van der Waals surface area (Å²) in [5, 5.41) is 27.7. The van der Waals surface area contributed by atoms with E-state index in [-0.39, 0.29) is 29.0 Å². The molecule has 10 nitrogen and oxygen atoms in total. The second kappa shape index (κ2) is 14.0. The lowest BCUT2D eigenvalue weighted by molar-refractivity contribution is -0.127. The summed E-state index contributed by atoms with van der Waals surface area (Å²) in [5.74, 6) is -1.03. The van der Waals surface area contributed by atoms with Crippen LogP contribution < -0.4 is 16.0 Å². The maximum Gasteiger partial charge on any atom is 0.265 e. The molecule has 208 valence electrons. The topological polar surface area (TPSA) is 141 Å². The Labute approximate surface area is 234 Å². The van der Waals surface area contributed by atoms with Gasteiger partial charge in [0, 0.05) is 30.9 Å². The van der Waals surface area contributed by atoms with Crippen molar-refractivity contribution in [1.29, 1.82) is 10.5 Å². The third kappa shape index (κ3) is 7.75. The number of amides is 3. The zero-order valence-electron chi connectivity index (χ0n) is 22.9. The Balaban J connectivity index is 1.61. The molecule has 2 fully saturated rings. The molecule has 2 aliphatic heterocycles. The number of thioether (sulfide) groups is 1. The van der Waals surface area contributed by atoms with Crippen LogP contribution in [-0.2, 0) is 9.59 Å².